The molecular formula is C19H18N4O6. The van der Waals surface area contributed by atoms with Crippen molar-refractivity contribution in [2.45, 2.75) is 26.1 Å². The zero-order chi connectivity index (χ0) is 20.5. The lowest BCUT2D eigenvalue weighted by Crippen LogP contribution is -2.46. The first-order valence-electron chi connectivity index (χ1n) is 9.02. The van der Waals surface area contributed by atoms with Crippen LogP contribution in [0.4, 0.5) is 11.5 Å². The molecule has 10 nitrogen and oxygen atoms in total. The zero-order valence-electron chi connectivity index (χ0n) is 15.8. The SMILES string of the molecule is CC1CN(c2ncnc(Oc3ccc4ccc(=O)oc4c3)c2[N+](=O)[O-])CC(C)O1. The van der Waals surface area contributed by atoms with Gasteiger partial charge in [0.2, 0.25) is 5.82 Å². The Hall–Kier alpha value is -3.53. The van der Waals surface area contributed by atoms with Gasteiger partial charge in [-0.05, 0) is 32.0 Å². The molecule has 29 heavy (non-hydrogen) atoms. The van der Waals surface area contributed by atoms with Crippen molar-refractivity contribution in [1.29, 1.82) is 0 Å². The average Bonchev–Trinajstić information content (AvgIpc) is 2.66. The van der Waals surface area contributed by atoms with E-state index in [1.54, 1.807) is 23.1 Å². The largest absolute Gasteiger partial charge is 0.433 e. The van der Waals surface area contributed by atoms with Crippen LogP contribution >= 0.6 is 0 Å². The van der Waals surface area contributed by atoms with E-state index in [2.05, 4.69) is 9.97 Å². The maximum absolute atomic E-state index is 11.8. The average molecular weight is 398 g/mol. The predicted octanol–water partition coefficient (Wildman–Crippen LogP) is 2.90. The Morgan fingerprint density at radius 1 is 1.17 bits per heavy atom. The third-order valence-electron chi connectivity index (χ3n) is 4.48. The van der Waals surface area contributed by atoms with Gasteiger partial charge in [0.25, 0.3) is 0 Å². The topological polar surface area (TPSA) is 121 Å². The third kappa shape index (κ3) is 3.87. The fourth-order valence-electron chi connectivity index (χ4n) is 3.39. The van der Waals surface area contributed by atoms with Gasteiger partial charge in [-0.15, -0.1) is 0 Å². The molecular weight excluding hydrogens is 380 g/mol. The van der Waals surface area contributed by atoms with Crippen molar-refractivity contribution >= 4 is 22.5 Å². The molecule has 10 heteroatoms. The smallest absolute Gasteiger partial charge is 0.373 e. The van der Waals surface area contributed by atoms with Crippen LogP contribution < -0.4 is 15.3 Å². The van der Waals surface area contributed by atoms with Crippen LogP contribution in [-0.2, 0) is 4.74 Å². The third-order valence-corrected chi connectivity index (χ3v) is 4.48. The molecule has 0 aliphatic carbocycles. The fraction of sp³-hybridized carbons (Fsp3) is 0.316. The minimum atomic E-state index is -0.559. The maximum Gasteiger partial charge on any atom is 0.373 e. The number of fused-ring (bicyclic) bond motifs is 1. The van der Waals surface area contributed by atoms with Gasteiger partial charge in [0.15, 0.2) is 0 Å². The molecule has 1 aliphatic rings. The van der Waals surface area contributed by atoms with Crippen molar-refractivity contribution < 1.29 is 18.8 Å². The number of hydrogen-bond donors (Lipinski definition) is 0. The number of nitro groups is 1. The summed E-state index contributed by atoms with van der Waals surface area (Å²) in [7, 11) is 0. The Kier molecular flexibility index (Phi) is 4.85. The molecule has 1 saturated heterocycles. The van der Waals surface area contributed by atoms with Gasteiger partial charge in [-0.1, -0.05) is 0 Å². The Morgan fingerprint density at radius 3 is 2.62 bits per heavy atom. The van der Waals surface area contributed by atoms with E-state index in [1.807, 2.05) is 13.8 Å². The number of aromatic nitrogens is 2. The normalized spacial score (nSPS) is 19.3. The van der Waals surface area contributed by atoms with Crippen molar-refractivity contribution in [3.8, 4) is 11.6 Å². The summed E-state index contributed by atoms with van der Waals surface area (Å²) >= 11 is 0. The molecule has 3 aromatic rings. The van der Waals surface area contributed by atoms with Crippen molar-refractivity contribution in [2.24, 2.45) is 0 Å². The maximum atomic E-state index is 11.8. The lowest BCUT2D eigenvalue weighted by Gasteiger charge is -2.35. The van der Waals surface area contributed by atoms with Gasteiger partial charge >= 0.3 is 17.2 Å². The van der Waals surface area contributed by atoms with Crippen LogP contribution in [0.15, 0.2) is 45.9 Å². The van der Waals surface area contributed by atoms with Crippen LogP contribution in [0.3, 0.4) is 0 Å². The first kappa shape index (κ1) is 18.8. The number of rotatable bonds is 4. The summed E-state index contributed by atoms with van der Waals surface area (Å²) in [4.78, 5) is 32.6. The molecule has 2 unspecified atom stereocenters. The molecule has 2 atom stereocenters. The Balaban J connectivity index is 1.72. The zero-order valence-corrected chi connectivity index (χ0v) is 15.8. The van der Waals surface area contributed by atoms with Crippen LogP contribution in [0.25, 0.3) is 11.0 Å². The number of anilines is 1. The number of nitrogens with zero attached hydrogens (tertiary/aromatic N) is 4. The van der Waals surface area contributed by atoms with E-state index in [0.717, 1.165) is 0 Å². The first-order valence-corrected chi connectivity index (χ1v) is 9.02. The summed E-state index contributed by atoms with van der Waals surface area (Å²) in [5, 5.41) is 12.5. The summed E-state index contributed by atoms with van der Waals surface area (Å²) < 4.78 is 16.5. The van der Waals surface area contributed by atoms with Gasteiger partial charge in [-0.25, -0.2) is 9.78 Å². The summed E-state index contributed by atoms with van der Waals surface area (Å²) in [6.07, 6.45) is 1.03. The first-order chi connectivity index (χ1) is 13.9. The van der Waals surface area contributed by atoms with Crippen LogP contribution in [-0.4, -0.2) is 40.2 Å². The lowest BCUT2D eigenvalue weighted by molar-refractivity contribution is -0.385. The highest BCUT2D eigenvalue weighted by Gasteiger charge is 2.32. The van der Waals surface area contributed by atoms with Gasteiger partial charge in [0, 0.05) is 30.6 Å². The van der Waals surface area contributed by atoms with Gasteiger partial charge in [-0.3, -0.25) is 10.1 Å². The van der Waals surface area contributed by atoms with E-state index < -0.39 is 10.5 Å². The Bertz CT molecular complexity index is 1120. The van der Waals surface area contributed by atoms with Crippen LogP contribution in [0.2, 0.25) is 0 Å². The van der Waals surface area contributed by atoms with Crippen molar-refractivity contribution in [2.75, 3.05) is 18.0 Å². The van der Waals surface area contributed by atoms with Crippen molar-refractivity contribution in [3.63, 3.8) is 0 Å². The standard InChI is InChI=1S/C19H18N4O6/c1-11-8-22(9-12(2)27-11)18-17(23(25)26)19(21-10-20-18)28-14-5-3-13-4-6-16(24)29-15(13)7-14/h3-7,10-12H,8-9H2,1-2H3. The summed E-state index contributed by atoms with van der Waals surface area (Å²) in [5.41, 5.74) is -0.522. The molecule has 1 fully saturated rings. The highest BCUT2D eigenvalue weighted by molar-refractivity contribution is 5.78. The predicted molar refractivity (Wildman–Crippen MR) is 103 cm³/mol. The second-order valence-electron chi connectivity index (χ2n) is 6.83. The monoisotopic (exact) mass is 398 g/mol. The minimum Gasteiger partial charge on any atom is -0.433 e. The molecule has 0 spiro atoms. The quantitative estimate of drug-likeness (QED) is 0.371. The molecule has 4 rings (SSSR count). The Labute approximate surface area is 164 Å². The highest BCUT2D eigenvalue weighted by atomic mass is 16.6. The van der Waals surface area contributed by atoms with E-state index in [1.165, 1.54) is 18.5 Å². The molecule has 3 heterocycles. The molecule has 0 N–H and O–H groups in total. The van der Waals surface area contributed by atoms with E-state index >= 15 is 0 Å². The molecule has 2 aromatic heterocycles. The van der Waals surface area contributed by atoms with Gasteiger partial charge in [-0.2, -0.15) is 4.98 Å². The van der Waals surface area contributed by atoms with Crippen molar-refractivity contribution in [1.82, 2.24) is 9.97 Å². The van der Waals surface area contributed by atoms with Crippen LogP contribution in [0.1, 0.15) is 13.8 Å². The molecule has 1 aliphatic heterocycles. The summed E-state index contributed by atoms with van der Waals surface area (Å²) in [6, 6.07) is 7.73. The molecule has 0 amide bonds. The number of benzene rings is 1. The van der Waals surface area contributed by atoms with E-state index in [9.17, 15) is 14.9 Å². The molecule has 1 aromatic carbocycles. The fourth-order valence-corrected chi connectivity index (χ4v) is 3.39. The van der Waals surface area contributed by atoms with Gasteiger partial charge < -0.3 is 18.8 Å². The lowest BCUT2D eigenvalue weighted by atomic mass is 10.2. The van der Waals surface area contributed by atoms with Crippen LogP contribution in [0, 0.1) is 10.1 Å². The summed E-state index contributed by atoms with van der Waals surface area (Å²) in [6.45, 7) is 4.72. The Morgan fingerprint density at radius 2 is 1.90 bits per heavy atom. The minimum absolute atomic E-state index is 0.0962. The second kappa shape index (κ2) is 7.47. The molecule has 0 saturated carbocycles. The number of ether oxygens (including phenoxy) is 2. The van der Waals surface area contributed by atoms with E-state index in [0.29, 0.717) is 24.1 Å². The molecule has 0 bridgehead atoms. The van der Waals surface area contributed by atoms with Gasteiger partial charge in [0.05, 0.1) is 17.1 Å². The van der Waals surface area contributed by atoms with E-state index in [4.69, 9.17) is 13.9 Å². The molecule has 0 radical (unpaired) electrons. The second-order valence-corrected chi connectivity index (χ2v) is 6.83. The number of morpholine rings is 1. The summed E-state index contributed by atoms with van der Waals surface area (Å²) in [5.74, 6) is 0.238. The highest BCUT2D eigenvalue weighted by Crippen LogP contribution is 2.37. The molecule has 150 valence electrons. The number of hydrogen-bond acceptors (Lipinski definition) is 9. The van der Waals surface area contributed by atoms with Gasteiger partial charge in [0.1, 0.15) is 17.7 Å². The van der Waals surface area contributed by atoms with E-state index in [-0.39, 0.29) is 35.3 Å². The van der Waals surface area contributed by atoms with Crippen LogP contribution in [0.5, 0.6) is 11.6 Å². The van der Waals surface area contributed by atoms with Crippen molar-refractivity contribution in [3.05, 3.63) is 57.2 Å².